The standard InChI is InChI=1S/C27H27Cl2N5O3S/c1-6-22(35)31-17-10-8-9-15(3)25(17)32-21-11-18-16(13-30-21)14-34(27(38)33(18)7-2)26-23(28)19(36-4)12-20(37-5)24(26)29/h6,8-13H,1,7,14H2,2-5H3,(H,30,32)(H,31,35). The molecule has 1 aromatic heterocycles. The van der Waals surface area contributed by atoms with E-state index in [1.807, 2.05) is 47.9 Å². The number of hydrogen-bond acceptors (Lipinski definition) is 6. The molecule has 2 heterocycles. The molecule has 3 aromatic rings. The van der Waals surface area contributed by atoms with Gasteiger partial charge in [-0.15, -0.1) is 0 Å². The lowest BCUT2D eigenvalue weighted by molar-refractivity contribution is -0.111. The number of halogens is 2. The van der Waals surface area contributed by atoms with Gasteiger partial charge < -0.3 is 29.9 Å². The number of aromatic nitrogens is 1. The van der Waals surface area contributed by atoms with Gasteiger partial charge in [0, 0.05) is 30.4 Å². The van der Waals surface area contributed by atoms with Gasteiger partial charge in [0.15, 0.2) is 5.11 Å². The normalized spacial score (nSPS) is 12.6. The average Bonchev–Trinajstić information content (AvgIpc) is 2.91. The maximum atomic E-state index is 12.0. The van der Waals surface area contributed by atoms with E-state index >= 15 is 0 Å². The highest BCUT2D eigenvalue weighted by molar-refractivity contribution is 7.80. The monoisotopic (exact) mass is 571 g/mol. The van der Waals surface area contributed by atoms with Gasteiger partial charge in [0.1, 0.15) is 27.4 Å². The third-order valence-electron chi connectivity index (χ3n) is 6.15. The molecular formula is C27H27Cl2N5O3S. The van der Waals surface area contributed by atoms with Crippen molar-refractivity contribution < 1.29 is 14.3 Å². The lowest BCUT2D eigenvalue weighted by atomic mass is 10.1. The van der Waals surface area contributed by atoms with Gasteiger partial charge in [-0.05, 0) is 43.8 Å². The lowest BCUT2D eigenvalue weighted by Gasteiger charge is -2.40. The topological polar surface area (TPSA) is 79.0 Å². The van der Waals surface area contributed by atoms with E-state index in [0.717, 1.165) is 22.5 Å². The van der Waals surface area contributed by atoms with Crippen molar-refractivity contribution in [3.63, 3.8) is 0 Å². The minimum absolute atomic E-state index is 0.300. The van der Waals surface area contributed by atoms with E-state index in [0.29, 0.717) is 56.9 Å². The first-order valence-electron chi connectivity index (χ1n) is 11.7. The zero-order valence-corrected chi connectivity index (χ0v) is 23.7. The van der Waals surface area contributed by atoms with Crippen LogP contribution >= 0.6 is 35.4 Å². The zero-order chi connectivity index (χ0) is 27.6. The molecule has 0 fully saturated rings. The second kappa shape index (κ2) is 11.5. The van der Waals surface area contributed by atoms with Crippen LogP contribution in [0.5, 0.6) is 11.5 Å². The quantitative estimate of drug-likeness (QED) is 0.228. The van der Waals surface area contributed by atoms with Gasteiger partial charge in [0.05, 0.1) is 43.5 Å². The molecule has 0 unspecified atom stereocenters. The molecule has 8 nitrogen and oxygen atoms in total. The number of carbonyl (C=O) groups is 1. The van der Waals surface area contributed by atoms with Crippen LogP contribution < -0.4 is 29.9 Å². The summed E-state index contributed by atoms with van der Waals surface area (Å²) in [7, 11) is 3.06. The Morgan fingerprint density at radius 3 is 2.50 bits per heavy atom. The Hall–Kier alpha value is -3.53. The maximum absolute atomic E-state index is 12.0. The molecule has 0 aliphatic carbocycles. The number of aryl methyl sites for hydroxylation is 1. The zero-order valence-electron chi connectivity index (χ0n) is 21.4. The molecule has 11 heteroatoms. The summed E-state index contributed by atoms with van der Waals surface area (Å²) < 4.78 is 10.9. The minimum atomic E-state index is -0.300. The molecule has 1 amide bonds. The third-order valence-corrected chi connectivity index (χ3v) is 7.32. The van der Waals surface area contributed by atoms with Crippen LogP contribution in [0.2, 0.25) is 10.0 Å². The number of pyridine rings is 1. The summed E-state index contributed by atoms with van der Waals surface area (Å²) in [4.78, 5) is 20.4. The summed E-state index contributed by atoms with van der Waals surface area (Å²) in [5, 5.41) is 7.37. The van der Waals surface area contributed by atoms with Gasteiger partial charge in [-0.2, -0.15) is 0 Å². The maximum Gasteiger partial charge on any atom is 0.247 e. The Morgan fingerprint density at radius 2 is 1.89 bits per heavy atom. The number of nitrogens with one attached hydrogen (secondary N) is 2. The van der Waals surface area contributed by atoms with Gasteiger partial charge in [-0.1, -0.05) is 41.9 Å². The predicted octanol–water partition coefficient (Wildman–Crippen LogP) is 6.71. The Bertz CT molecular complexity index is 1400. The summed E-state index contributed by atoms with van der Waals surface area (Å²) in [6.07, 6.45) is 3.01. The van der Waals surface area contributed by atoms with Crippen molar-refractivity contribution in [2.24, 2.45) is 0 Å². The molecule has 0 saturated heterocycles. The van der Waals surface area contributed by atoms with Crippen LogP contribution in [0.1, 0.15) is 18.1 Å². The van der Waals surface area contributed by atoms with Crippen molar-refractivity contribution in [2.45, 2.75) is 20.4 Å². The van der Waals surface area contributed by atoms with Gasteiger partial charge in [0.2, 0.25) is 5.91 Å². The van der Waals surface area contributed by atoms with E-state index in [4.69, 9.17) is 44.9 Å². The smallest absolute Gasteiger partial charge is 0.247 e. The second-order valence-corrected chi connectivity index (χ2v) is 9.51. The second-order valence-electron chi connectivity index (χ2n) is 8.38. The summed E-state index contributed by atoms with van der Waals surface area (Å²) in [6.45, 7) is 8.46. The highest BCUT2D eigenvalue weighted by Gasteiger charge is 2.32. The Labute approximate surface area is 237 Å². The fourth-order valence-corrected chi connectivity index (χ4v) is 5.33. The molecule has 1 aliphatic heterocycles. The first-order valence-corrected chi connectivity index (χ1v) is 12.9. The fraction of sp³-hybridized carbons (Fsp3) is 0.222. The molecule has 1 aliphatic rings. The highest BCUT2D eigenvalue weighted by atomic mass is 35.5. The molecular weight excluding hydrogens is 545 g/mol. The molecule has 0 spiro atoms. The molecule has 0 bridgehead atoms. The van der Waals surface area contributed by atoms with Gasteiger partial charge in [0.25, 0.3) is 0 Å². The van der Waals surface area contributed by atoms with Crippen molar-refractivity contribution in [3.8, 4) is 11.5 Å². The number of amides is 1. The van der Waals surface area contributed by atoms with Crippen molar-refractivity contribution in [1.82, 2.24) is 4.98 Å². The number of benzene rings is 2. The first kappa shape index (κ1) is 27.5. The van der Waals surface area contributed by atoms with Crippen LogP contribution in [0.4, 0.5) is 28.6 Å². The minimum Gasteiger partial charge on any atom is -0.495 e. The number of anilines is 5. The van der Waals surface area contributed by atoms with Crippen molar-refractivity contribution in [3.05, 3.63) is 70.4 Å². The Morgan fingerprint density at radius 1 is 1.21 bits per heavy atom. The van der Waals surface area contributed by atoms with Crippen molar-refractivity contribution in [1.29, 1.82) is 0 Å². The first-order chi connectivity index (χ1) is 18.2. The number of ether oxygens (including phenoxy) is 2. The number of fused-ring (bicyclic) bond motifs is 1. The molecule has 38 heavy (non-hydrogen) atoms. The SMILES string of the molecule is C=CC(=O)Nc1cccc(C)c1Nc1cc2c(cn1)CN(c1c(Cl)c(OC)cc(OC)c1Cl)C(=S)N2CC. The summed E-state index contributed by atoms with van der Waals surface area (Å²) >= 11 is 19.3. The van der Waals surface area contributed by atoms with Crippen LogP contribution in [0, 0.1) is 6.92 Å². The van der Waals surface area contributed by atoms with E-state index in [1.54, 1.807) is 12.3 Å². The van der Waals surface area contributed by atoms with Crippen LogP contribution in [-0.2, 0) is 11.3 Å². The molecule has 4 rings (SSSR count). The summed E-state index contributed by atoms with van der Waals surface area (Å²) in [5.41, 5.74) is 4.63. The van der Waals surface area contributed by atoms with E-state index in [1.165, 1.54) is 20.3 Å². The van der Waals surface area contributed by atoms with Crippen molar-refractivity contribution in [2.75, 3.05) is 41.2 Å². The van der Waals surface area contributed by atoms with Crippen LogP contribution in [0.15, 0.2) is 49.2 Å². The van der Waals surface area contributed by atoms with Crippen LogP contribution in [-0.4, -0.2) is 36.8 Å². The molecule has 198 valence electrons. The largest absolute Gasteiger partial charge is 0.495 e. The molecule has 0 saturated carbocycles. The molecule has 2 aromatic carbocycles. The Balaban J connectivity index is 1.74. The number of nitrogens with zero attached hydrogens (tertiary/aromatic N) is 3. The number of para-hydroxylation sites is 1. The van der Waals surface area contributed by atoms with E-state index in [9.17, 15) is 4.79 Å². The van der Waals surface area contributed by atoms with E-state index in [-0.39, 0.29) is 5.91 Å². The lowest BCUT2D eigenvalue weighted by Crippen LogP contribution is -2.47. The molecule has 0 radical (unpaired) electrons. The Kier molecular flexibility index (Phi) is 8.30. The highest BCUT2D eigenvalue weighted by Crippen LogP contribution is 2.48. The number of hydrogen-bond donors (Lipinski definition) is 2. The summed E-state index contributed by atoms with van der Waals surface area (Å²) in [5.74, 6) is 1.15. The fourth-order valence-electron chi connectivity index (χ4n) is 4.24. The predicted molar refractivity (Wildman–Crippen MR) is 159 cm³/mol. The number of rotatable bonds is 8. The number of methoxy groups -OCH3 is 2. The molecule has 2 N–H and O–H groups in total. The van der Waals surface area contributed by atoms with Crippen LogP contribution in [0.25, 0.3) is 0 Å². The number of thiocarbonyl (C=S) groups is 1. The number of carbonyl (C=O) groups excluding carboxylic acids is 1. The average molecular weight is 573 g/mol. The van der Waals surface area contributed by atoms with Crippen LogP contribution in [0.3, 0.4) is 0 Å². The van der Waals surface area contributed by atoms with Crippen molar-refractivity contribution >= 4 is 75.0 Å². The van der Waals surface area contributed by atoms with E-state index < -0.39 is 0 Å². The third kappa shape index (κ3) is 5.09. The van der Waals surface area contributed by atoms with Gasteiger partial charge in [-0.25, -0.2) is 4.98 Å². The molecule has 0 atom stereocenters. The van der Waals surface area contributed by atoms with E-state index in [2.05, 4.69) is 22.2 Å². The van der Waals surface area contributed by atoms with Gasteiger partial charge in [-0.3, -0.25) is 4.79 Å². The van der Waals surface area contributed by atoms with Gasteiger partial charge >= 0.3 is 0 Å². The summed E-state index contributed by atoms with van der Waals surface area (Å²) in [6, 6.07) is 9.21.